The van der Waals surface area contributed by atoms with Crippen LogP contribution in [0, 0.1) is 0 Å². The van der Waals surface area contributed by atoms with Gasteiger partial charge in [0, 0.05) is 6.42 Å². The number of hydrogen-bond donors (Lipinski definition) is 0. The largest absolute Gasteiger partial charge is 0.273 e. The van der Waals surface area contributed by atoms with Crippen LogP contribution in [0.2, 0.25) is 0 Å². The smallest absolute Gasteiger partial charge is 0.246 e. The van der Waals surface area contributed by atoms with Gasteiger partial charge in [0.2, 0.25) is 5.91 Å². The van der Waals surface area contributed by atoms with Crippen molar-refractivity contribution < 1.29 is 9.63 Å². The van der Waals surface area contributed by atoms with E-state index in [1.165, 1.54) is 82.1 Å². The first-order valence-corrected chi connectivity index (χ1v) is 9.93. The maximum atomic E-state index is 11.6. The minimum absolute atomic E-state index is 0.161. The molecule has 134 valence electrons. The lowest BCUT2D eigenvalue weighted by molar-refractivity contribution is -0.239. The zero-order valence-electron chi connectivity index (χ0n) is 15.2. The molecule has 0 saturated carbocycles. The van der Waals surface area contributed by atoms with E-state index in [-0.39, 0.29) is 5.91 Å². The number of hydroxylamine groups is 2. The molecule has 23 heavy (non-hydrogen) atoms. The highest BCUT2D eigenvalue weighted by Crippen LogP contribution is 2.12. The van der Waals surface area contributed by atoms with Gasteiger partial charge in [0.25, 0.3) is 0 Å². The lowest BCUT2D eigenvalue weighted by atomic mass is 10.1. The van der Waals surface area contributed by atoms with Crippen molar-refractivity contribution in [1.29, 1.82) is 0 Å². The van der Waals surface area contributed by atoms with E-state index in [4.69, 9.17) is 4.84 Å². The van der Waals surface area contributed by atoms with E-state index >= 15 is 0 Å². The Morgan fingerprint density at radius 3 is 1.91 bits per heavy atom. The van der Waals surface area contributed by atoms with Crippen LogP contribution in [0.1, 0.15) is 96.8 Å². The van der Waals surface area contributed by atoms with Crippen LogP contribution in [0.4, 0.5) is 0 Å². The third-order valence-corrected chi connectivity index (χ3v) is 4.47. The number of unbranched alkanes of at least 4 members (excludes halogenated alkanes) is 11. The Morgan fingerprint density at radius 1 is 0.870 bits per heavy atom. The summed E-state index contributed by atoms with van der Waals surface area (Å²) in [6.07, 6.45) is 22.2. The van der Waals surface area contributed by atoms with Gasteiger partial charge in [0.05, 0.1) is 13.2 Å². The van der Waals surface area contributed by atoms with Crippen LogP contribution in [0.25, 0.3) is 0 Å². The summed E-state index contributed by atoms with van der Waals surface area (Å²) in [4.78, 5) is 16.6. The summed E-state index contributed by atoms with van der Waals surface area (Å²) >= 11 is 0. The summed E-state index contributed by atoms with van der Waals surface area (Å²) in [7, 11) is 0. The minimum atomic E-state index is 0.161. The molecule has 0 N–H and O–H groups in total. The van der Waals surface area contributed by atoms with Crippen molar-refractivity contribution in [3.05, 3.63) is 12.2 Å². The number of carbonyl (C=O) groups excluding carboxylic acids is 1. The molecule has 1 heterocycles. The number of nitrogens with zero attached hydrogens (tertiary/aromatic N) is 1. The molecular formula is C20H37NO2. The number of rotatable bonds is 15. The Morgan fingerprint density at radius 2 is 1.39 bits per heavy atom. The molecule has 0 radical (unpaired) electrons. The summed E-state index contributed by atoms with van der Waals surface area (Å²) in [5.74, 6) is 0.161. The zero-order valence-corrected chi connectivity index (χ0v) is 15.2. The molecule has 1 amide bonds. The number of amides is 1. The lowest BCUT2D eigenvalue weighted by Crippen LogP contribution is -2.43. The number of allylic oxidation sites excluding steroid dienone is 2. The molecule has 1 aliphatic heterocycles. The molecule has 1 rings (SSSR count). The van der Waals surface area contributed by atoms with Gasteiger partial charge in [-0.1, -0.05) is 70.4 Å². The first-order chi connectivity index (χ1) is 11.3. The standard InChI is InChI=1S/C20H37NO2/c1-2-3-4-5-6-7-8-9-10-11-12-13-14-15-16-17-20(22)21-18-19-23-21/h9-10H,2-8,11-19H2,1H3/b10-9-. The molecule has 3 nitrogen and oxygen atoms in total. The van der Waals surface area contributed by atoms with E-state index < -0.39 is 0 Å². The molecule has 1 aliphatic rings. The Labute approximate surface area is 143 Å². The molecule has 0 aliphatic carbocycles. The van der Waals surface area contributed by atoms with Crippen molar-refractivity contribution in [2.45, 2.75) is 96.8 Å². The molecule has 0 atom stereocenters. The maximum Gasteiger partial charge on any atom is 0.246 e. The SMILES string of the molecule is CCCCCCCC/C=C\CCCCCCCC(=O)N1CCO1. The zero-order chi connectivity index (χ0) is 16.6. The van der Waals surface area contributed by atoms with Gasteiger partial charge in [0.15, 0.2) is 0 Å². The van der Waals surface area contributed by atoms with Crippen molar-refractivity contribution in [3.8, 4) is 0 Å². The Bertz CT molecular complexity index is 311. The molecule has 0 aromatic carbocycles. The normalized spacial score (nSPS) is 14.4. The number of hydrogen-bond acceptors (Lipinski definition) is 2. The summed E-state index contributed by atoms with van der Waals surface area (Å²) in [5, 5.41) is 1.49. The number of carbonyl (C=O) groups is 1. The van der Waals surface area contributed by atoms with E-state index in [0.717, 1.165) is 13.0 Å². The molecule has 0 spiro atoms. The van der Waals surface area contributed by atoms with Gasteiger partial charge in [-0.2, -0.15) is 0 Å². The van der Waals surface area contributed by atoms with Gasteiger partial charge in [0.1, 0.15) is 0 Å². The molecule has 0 bridgehead atoms. The van der Waals surface area contributed by atoms with Gasteiger partial charge in [-0.3, -0.25) is 9.63 Å². The second kappa shape index (κ2) is 14.7. The van der Waals surface area contributed by atoms with E-state index in [1.54, 1.807) is 0 Å². The third kappa shape index (κ3) is 11.4. The van der Waals surface area contributed by atoms with Crippen LogP contribution in [-0.4, -0.2) is 24.1 Å². The van der Waals surface area contributed by atoms with E-state index in [1.807, 2.05) is 0 Å². The van der Waals surface area contributed by atoms with Gasteiger partial charge < -0.3 is 0 Å². The third-order valence-electron chi connectivity index (χ3n) is 4.47. The van der Waals surface area contributed by atoms with Crippen LogP contribution >= 0.6 is 0 Å². The monoisotopic (exact) mass is 323 g/mol. The maximum absolute atomic E-state index is 11.6. The van der Waals surface area contributed by atoms with Crippen LogP contribution in [-0.2, 0) is 9.63 Å². The van der Waals surface area contributed by atoms with Crippen molar-refractivity contribution in [1.82, 2.24) is 5.06 Å². The molecule has 0 aromatic rings. The summed E-state index contributed by atoms with van der Waals surface area (Å²) in [6.45, 7) is 3.76. The van der Waals surface area contributed by atoms with Crippen molar-refractivity contribution in [2.75, 3.05) is 13.2 Å². The summed E-state index contributed by atoms with van der Waals surface area (Å²) in [6, 6.07) is 0. The molecule has 0 aromatic heterocycles. The van der Waals surface area contributed by atoms with Crippen molar-refractivity contribution in [2.24, 2.45) is 0 Å². The fraction of sp³-hybridized carbons (Fsp3) is 0.850. The Kier molecular flexibility index (Phi) is 13.0. The van der Waals surface area contributed by atoms with Crippen molar-refractivity contribution >= 4 is 5.91 Å². The predicted molar refractivity (Wildman–Crippen MR) is 97.1 cm³/mol. The molecule has 1 fully saturated rings. The van der Waals surface area contributed by atoms with E-state index in [2.05, 4.69) is 19.1 Å². The van der Waals surface area contributed by atoms with Crippen LogP contribution < -0.4 is 0 Å². The summed E-state index contributed by atoms with van der Waals surface area (Å²) in [5.41, 5.74) is 0. The van der Waals surface area contributed by atoms with Gasteiger partial charge in [-0.05, 0) is 32.1 Å². The fourth-order valence-electron chi connectivity index (χ4n) is 2.85. The first-order valence-electron chi connectivity index (χ1n) is 9.93. The highest BCUT2D eigenvalue weighted by molar-refractivity contribution is 5.75. The average molecular weight is 324 g/mol. The first kappa shape index (κ1) is 20.2. The second-order valence-corrected chi connectivity index (χ2v) is 6.66. The topological polar surface area (TPSA) is 29.5 Å². The molecular weight excluding hydrogens is 286 g/mol. The molecule has 3 heteroatoms. The van der Waals surface area contributed by atoms with Crippen molar-refractivity contribution in [3.63, 3.8) is 0 Å². The van der Waals surface area contributed by atoms with Gasteiger partial charge >= 0.3 is 0 Å². The van der Waals surface area contributed by atoms with E-state index in [9.17, 15) is 4.79 Å². The quantitative estimate of drug-likeness (QED) is 0.282. The average Bonchev–Trinajstić information content (AvgIpc) is 2.49. The Balaban J connectivity index is 1.73. The fourth-order valence-corrected chi connectivity index (χ4v) is 2.85. The van der Waals surface area contributed by atoms with E-state index in [0.29, 0.717) is 13.0 Å². The second-order valence-electron chi connectivity index (χ2n) is 6.66. The minimum Gasteiger partial charge on any atom is -0.273 e. The highest BCUT2D eigenvalue weighted by Gasteiger charge is 2.20. The lowest BCUT2D eigenvalue weighted by Gasteiger charge is -2.29. The highest BCUT2D eigenvalue weighted by atomic mass is 16.7. The summed E-state index contributed by atoms with van der Waals surface area (Å²) < 4.78 is 0. The van der Waals surface area contributed by atoms with Gasteiger partial charge in [-0.15, -0.1) is 0 Å². The van der Waals surface area contributed by atoms with Crippen LogP contribution in [0.3, 0.4) is 0 Å². The molecule has 1 saturated heterocycles. The molecule has 0 unspecified atom stereocenters. The van der Waals surface area contributed by atoms with Crippen LogP contribution in [0.5, 0.6) is 0 Å². The predicted octanol–water partition coefficient (Wildman–Crippen LogP) is 5.80. The van der Waals surface area contributed by atoms with Gasteiger partial charge in [-0.25, -0.2) is 5.06 Å². The van der Waals surface area contributed by atoms with Crippen LogP contribution in [0.15, 0.2) is 12.2 Å². The Hall–Kier alpha value is -0.830.